The van der Waals surface area contributed by atoms with Gasteiger partial charge in [0.1, 0.15) is 6.10 Å². The van der Waals surface area contributed by atoms with Gasteiger partial charge in [0.05, 0.1) is 6.61 Å². The zero-order valence-corrected chi connectivity index (χ0v) is 6.02. The highest BCUT2D eigenvalue weighted by molar-refractivity contribution is 5.82. The van der Waals surface area contributed by atoms with Crippen molar-refractivity contribution in [2.45, 2.75) is 24.7 Å². The fraction of sp³-hybridized carbons (Fsp3) is 0.833. The van der Waals surface area contributed by atoms with Crippen molar-refractivity contribution in [1.29, 1.82) is 0 Å². The molecule has 0 aromatic carbocycles. The van der Waals surface area contributed by atoms with Crippen molar-refractivity contribution in [2.24, 2.45) is 0 Å². The van der Waals surface area contributed by atoms with Crippen LogP contribution >= 0.6 is 0 Å². The topological polar surface area (TPSA) is 87.0 Å². The quantitative estimate of drug-likeness (QED) is 0.389. The molecule has 0 spiro atoms. The van der Waals surface area contributed by atoms with Crippen LogP contribution in [0, 0.1) is 0 Å². The normalized spacial score (nSPS) is 44.2. The highest BCUT2D eigenvalue weighted by atomic mass is 16.6. The van der Waals surface area contributed by atoms with Crippen molar-refractivity contribution in [3.8, 4) is 0 Å². The summed E-state index contributed by atoms with van der Waals surface area (Å²) in [5.74, 6) is -0.899. The van der Waals surface area contributed by atoms with Crippen LogP contribution < -0.4 is 0 Å². The predicted octanol–water partition coefficient (Wildman–Crippen LogP) is -1.98. The second-order valence-electron chi connectivity index (χ2n) is 2.72. The fourth-order valence-corrected chi connectivity index (χ4v) is 0.941. The second kappa shape index (κ2) is 2.44. The summed E-state index contributed by atoms with van der Waals surface area (Å²) < 4.78 is 4.45. The lowest BCUT2D eigenvalue weighted by Gasteiger charge is -2.16. The van der Waals surface area contributed by atoms with E-state index in [2.05, 4.69) is 4.74 Å². The fourth-order valence-electron chi connectivity index (χ4n) is 0.941. The Morgan fingerprint density at radius 2 is 2.27 bits per heavy atom. The Balaban J connectivity index is 2.80. The lowest BCUT2D eigenvalue weighted by molar-refractivity contribution is -0.155. The Morgan fingerprint density at radius 1 is 1.73 bits per heavy atom. The molecule has 3 N–H and O–H groups in total. The van der Waals surface area contributed by atoms with E-state index in [1.54, 1.807) is 0 Å². The van der Waals surface area contributed by atoms with Crippen molar-refractivity contribution >= 4 is 5.97 Å². The third-order valence-electron chi connectivity index (χ3n) is 1.78. The smallest absolute Gasteiger partial charge is 0.341 e. The number of hydrogen-bond donors (Lipinski definition) is 3. The van der Waals surface area contributed by atoms with Crippen LogP contribution in [0.4, 0.5) is 0 Å². The predicted molar refractivity (Wildman–Crippen MR) is 33.6 cm³/mol. The first-order chi connectivity index (χ1) is 5.00. The van der Waals surface area contributed by atoms with E-state index in [1.165, 1.54) is 0 Å². The molecule has 0 aromatic rings. The Kier molecular flexibility index (Phi) is 1.87. The molecule has 0 amide bonds. The molecular weight excluding hydrogens is 152 g/mol. The highest BCUT2D eigenvalue weighted by Crippen LogP contribution is 2.25. The number of cyclic esters (lactones) is 1. The summed E-state index contributed by atoms with van der Waals surface area (Å²) in [4.78, 5) is 10.7. The Labute approximate surface area is 63.2 Å². The number of esters is 1. The first kappa shape index (κ1) is 8.45. The molecule has 5 nitrogen and oxygen atoms in total. The number of aliphatic hydroxyl groups excluding tert-OH is 2. The van der Waals surface area contributed by atoms with Gasteiger partial charge in [-0.1, -0.05) is 0 Å². The van der Waals surface area contributed by atoms with Gasteiger partial charge < -0.3 is 20.1 Å². The van der Waals surface area contributed by atoms with Gasteiger partial charge in [-0.2, -0.15) is 0 Å². The summed E-state index contributed by atoms with van der Waals surface area (Å²) in [5, 5.41) is 26.9. The van der Waals surface area contributed by atoms with Crippen LogP contribution in [-0.2, 0) is 9.53 Å². The van der Waals surface area contributed by atoms with E-state index in [4.69, 9.17) is 10.2 Å². The summed E-state index contributed by atoms with van der Waals surface area (Å²) in [7, 11) is 0. The molecule has 3 atom stereocenters. The van der Waals surface area contributed by atoms with E-state index >= 15 is 0 Å². The average molecular weight is 162 g/mol. The number of rotatable bonds is 1. The number of carbonyl (C=O) groups excluding carboxylic acids is 1. The number of aliphatic hydroxyl groups is 3. The Morgan fingerprint density at radius 3 is 2.45 bits per heavy atom. The molecule has 2 unspecified atom stereocenters. The molecule has 1 fully saturated rings. The average Bonchev–Trinajstić information content (AvgIpc) is 2.14. The minimum Gasteiger partial charge on any atom is -0.455 e. The summed E-state index contributed by atoms with van der Waals surface area (Å²) >= 11 is 0. The molecule has 0 bridgehead atoms. The molecule has 0 aliphatic carbocycles. The van der Waals surface area contributed by atoms with E-state index in [-0.39, 0.29) is 0 Å². The first-order valence-electron chi connectivity index (χ1n) is 3.22. The molecule has 1 aliphatic heterocycles. The molecular formula is C6H10O5. The monoisotopic (exact) mass is 162 g/mol. The summed E-state index contributed by atoms with van der Waals surface area (Å²) in [6.45, 7) is 0.665. The number of carbonyl (C=O) groups is 1. The molecule has 1 saturated heterocycles. The molecule has 64 valence electrons. The molecule has 11 heavy (non-hydrogen) atoms. The van der Waals surface area contributed by atoms with E-state index in [0.29, 0.717) is 0 Å². The standard InChI is InChI=1S/C6H10O5/c1-6(10)4(8)3(2-7)11-5(6)9/h3-4,7-8,10H,2H2,1H3/t3-,4?,6?/m0/s1. The van der Waals surface area contributed by atoms with Crippen molar-refractivity contribution < 1.29 is 24.9 Å². The molecule has 1 heterocycles. The lowest BCUT2D eigenvalue weighted by atomic mass is 9.99. The zero-order valence-electron chi connectivity index (χ0n) is 6.02. The SMILES string of the molecule is CC1(O)C(=O)O[C@@H](CO)C1O. The van der Waals surface area contributed by atoms with Gasteiger partial charge in [0, 0.05) is 0 Å². The minimum atomic E-state index is -1.88. The van der Waals surface area contributed by atoms with Crippen LogP contribution in [0.5, 0.6) is 0 Å². The first-order valence-corrected chi connectivity index (χ1v) is 3.22. The summed E-state index contributed by atoms with van der Waals surface area (Å²) in [5.41, 5.74) is -1.88. The van der Waals surface area contributed by atoms with Crippen LogP contribution in [-0.4, -0.2) is 45.7 Å². The van der Waals surface area contributed by atoms with E-state index < -0.39 is 30.4 Å². The second-order valence-corrected chi connectivity index (χ2v) is 2.72. The lowest BCUT2D eigenvalue weighted by Crippen LogP contribution is -2.43. The van der Waals surface area contributed by atoms with Gasteiger partial charge in [-0.15, -0.1) is 0 Å². The van der Waals surface area contributed by atoms with Gasteiger partial charge in [0.2, 0.25) is 0 Å². The van der Waals surface area contributed by atoms with Gasteiger partial charge in [0.15, 0.2) is 11.7 Å². The third-order valence-corrected chi connectivity index (χ3v) is 1.78. The number of ether oxygens (including phenoxy) is 1. The molecule has 0 aromatic heterocycles. The molecule has 0 radical (unpaired) electrons. The zero-order chi connectivity index (χ0) is 8.65. The van der Waals surface area contributed by atoms with Crippen molar-refractivity contribution in [3.63, 3.8) is 0 Å². The molecule has 1 rings (SSSR count). The Bertz CT molecular complexity index is 176. The maximum Gasteiger partial charge on any atom is 0.341 e. The summed E-state index contributed by atoms with van der Waals surface area (Å²) in [6.07, 6.45) is -2.35. The van der Waals surface area contributed by atoms with Crippen LogP contribution in [0.1, 0.15) is 6.92 Å². The van der Waals surface area contributed by atoms with Gasteiger partial charge in [-0.05, 0) is 6.92 Å². The molecule has 0 saturated carbocycles. The van der Waals surface area contributed by atoms with Crippen molar-refractivity contribution in [2.75, 3.05) is 6.61 Å². The maximum atomic E-state index is 10.7. The van der Waals surface area contributed by atoms with Gasteiger partial charge in [0.25, 0.3) is 0 Å². The van der Waals surface area contributed by atoms with Crippen molar-refractivity contribution in [1.82, 2.24) is 0 Å². The van der Waals surface area contributed by atoms with E-state index in [0.717, 1.165) is 6.92 Å². The van der Waals surface area contributed by atoms with Crippen LogP contribution in [0.2, 0.25) is 0 Å². The van der Waals surface area contributed by atoms with Crippen LogP contribution in [0.3, 0.4) is 0 Å². The highest BCUT2D eigenvalue weighted by Gasteiger charge is 2.52. The van der Waals surface area contributed by atoms with Crippen LogP contribution in [0.15, 0.2) is 0 Å². The van der Waals surface area contributed by atoms with Crippen molar-refractivity contribution in [3.05, 3.63) is 0 Å². The van der Waals surface area contributed by atoms with Gasteiger partial charge in [-0.3, -0.25) is 0 Å². The molecule has 1 aliphatic rings. The van der Waals surface area contributed by atoms with E-state index in [1.807, 2.05) is 0 Å². The molecule has 5 heteroatoms. The summed E-state index contributed by atoms with van der Waals surface area (Å²) in [6, 6.07) is 0. The third kappa shape index (κ3) is 1.11. The maximum absolute atomic E-state index is 10.7. The largest absolute Gasteiger partial charge is 0.455 e. The van der Waals surface area contributed by atoms with E-state index in [9.17, 15) is 9.90 Å². The van der Waals surface area contributed by atoms with Gasteiger partial charge >= 0.3 is 5.97 Å². The number of hydrogen-bond acceptors (Lipinski definition) is 5. The van der Waals surface area contributed by atoms with Gasteiger partial charge in [-0.25, -0.2) is 4.79 Å². The Hall–Kier alpha value is -0.650. The van der Waals surface area contributed by atoms with Crippen LogP contribution in [0.25, 0.3) is 0 Å². The minimum absolute atomic E-state index is 0.483.